The highest BCUT2D eigenvalue weighted by molar-refractivity contribution is 5.79. The van der Waals surface area contributed by atoms with E-state index in [1.165, 1.54) is 6.07 Å². The van der Waals surface area contributed by atoms with Crippen molar-refractivity contribution in [3.8, 4) is 5.75 Å². The normalized spacial score (nSPS) is 11.7. The molecule has 1 heterocycles. The predicted molar refractivity (Wildman–Crippen MR) is 102 cm³/mol. The molecule has 0 unspecified atom stereocenters. The molecule has 0 saturated heterocycles. The maximum absolute atomic E-state index is 12.5. The Kier molecular flexibility index (Phi) is 8.03. The quantitative estimate of drug-likeness (QED) is 0.399. The van der Waals surface area contributed by atoms with Gasteiger partial charge in [0.1, 0.15) is 5.75 Å². The molecule has 0 bridgehead atoms. The number of aliphatic imine (C=N–C) groups is 1. The van der Waals surface area contributed by atoms with Crippen LogP contribution in [0.1, 0.15) is 30.3 Å². The van der Waals surface area contributed by atoms with E-state index >= 15 is 0 Å². The van der Waals surface area contributed by atoms with E-state index in [-0.39, 0.29) is 12.3 Å². The molecule has 2 aromatic rings. The topological polar surface area (TPSA) is 63.5 Å². The van der Waals surface area contributed by atoms with Crippen LogP contribution in [0, 0.1) is 13.8 Å². The molecule has 0 amide bonds. The number of nitrogens with one attached hydrogen (secondary N) is 2. The fourth-order valence-corrected chi connectivity index (χ4v) is 2.69. The molecule has 148 valence electrons. The Bertz CT molecular complexity index is 745. The first-order chi connectivity index (χ1) is 13.0. The molecular formula is C19H27F2N5O. The van der Waals surface area contributed by atoms with Gasteiger partial charge in [0.15, 0.2) is 5.96 Å². The third-order valence-electron chi connectivity index (χ3n) is 3.88. The van der Waals surface area contributed by atoms with Crippen molar-refractivity contribution in [1.29, 1.82) is 0 Å². The lowest BCUT2D eigenvalue weighted by atomic mass is 10.2. The van der Waals surface area contributed by atoms with Crippen LogP contribution in [0.25, 0.3) is 0 Å². The fourth-order valence-electron chi connectivity index (χ4n) is 2.69. The number of ether oxygens (including phenoxy) is 1. The molecular weight excluding hydrogens is 352 g/mol. The summed E-state index contributed by atoms with van der Waals surface area (Å²) in [7, 11) is 0. The predicted octanol–water partition coefficient (Wildman–Crippen LogP) is 3.25. The van der Waals surface area contributed by atoms with Crippen molar-refractivity contribution < 1.29 is 13.5 Å². The van der Waals surface area contributed by atoms with Crippen molar-refractivity contribution in [2.24, 2.45) is 4.99 Å². The lowest BCUT2D eigenvalue weighted by Gasteiger charge is -2.13. The zero-order chi connectivity index (χ0) is 19.6. The summed E-state index contributed by atoms with van der Waals surface area (Å²) >= 11 is 0. The number of nitrogens with zero attached hydrogens (tertiary/aromatic N) is 3. The first kappa shape index (κ1) is 20.7. The van der Waals surface area contributed by atoms with E-state index < -0.39 is 6.61 Å². The van der Waals surface area contributed by atoms with Crippen molar-refractivity contribution in [3.05, 3.63) is 47.3 Å². The van der Waals surface area contributed by atoms with E-state index in [4.69, 9.17) is 0 Å². The van der Waals surface area contributed by atoms with Gasteiger partial charge in [-0.05, 0) is 39.3 Å². The first-order valence-electron chi connectivity index (χ1n) is 9.05. The van der Waals surface area contributed by atoms with Crippen molar-refractivity contribution in [2.75, 3.05) is 13.1 Å². The van der Waals surface area contributed by atoms with Crippen LogP contribution >= 0.6 is 0 Å². The average molecular weight is 379 g/mol. The number of hydrogen-bond donors (Lipinski definition) is 2. The summed E-state index contributed by atoms with van der Waals surface area (Å²) in [4.78, 5) is 4.46. The van der Waals surface area contributed by atoms with Crippen LogP contribution in [0.15, 0.2) is 35.3 Å². The minimum absolute atomic E-state index is 0.150. The summed E-state index contributed by atoms with van der Waals surface area (Å²) in [6, 6.07) is 8.74. The van der Waals surface area contributed by atoms with Gasteiger partial charge in [-0.3, -0.25) is 4.68 Å². The lowest BCUT2D eigenvalue weighted by Crippen LogP contribution is -2.38. The highest BCUT2D eigenvalue weighted by Gasteiger charge is 2.09. The molecule has 1 aromatic carbocycles. The number of rotatable bonds is 9. The molecule has 0 aliphatic heterocycles. The summed E-state index contributed by atoms with van der Waals surface area (Å²) in [5, 5.41) is 10.9. The number of aryl methyl sites for hydroxylation is 3. The maximum Gasteiger partial charge on any atom is 0.387 e. The van der Waals surface area contributed by atoms with Gasteiger partial charge in [-0.25, -0.2) is 4.99 Å². The molecule has 0 atom stereocenters. The third kappa shape index (κ3) is 6.88. The highest BCUT2D eigenvalue weighted by Crippen LogP contribution is 2.20. The van der Waals surface area contributed by atoms with Gasteiger partial charge in [-0.2, -0.15) is 13.9 Å². The zero-order valence-electron chi connectivity index (χ0n) is 16.0. The van der Waals surface area contributed by atoms with E-state index in [9.17, 15) is 8.78 Å². The smallest absolute Gasteiger partial charge is 0.387 e. The van der Waals surface area contributed by atoms with E-state index in [2.05, 4.69) is 31.5 Å². The van der Waals surface area contributed by atoms with Gasteiger partial charge in [0, 0.05) is 30.9 Å². The van der Waals surface area contributed by atoms with Crippen molar-refractivity contribution in [3.63, 3.8) is 0 Å². The highest BCUT2D eigenvalue weighted by atomic mass is 19.3. The van der Waals surface area contributed by atoms with Crippen LogP contribution in [0.3, 0.4) is 0 Å². The van der Waals surface area contributed by atoms with Gasteiger partial charge in [0.2, 0.25) is 0 Å². The minimum Gasteiger partial charge on any atom is -0.434 e. The second-order valence-electron chi connectivity index (χ2n) is 6.11. The Morgan fingerprint density at radius 3 is 2.70 bits per heavy atom. The average Bonchev–Trinajstić information content (AvgIpc) is 2.94. The lowest BCUT2D eigenvalue weighted by molar-refractivity contribution is -0.0504. The molecule has 0 spiro atoms. The molecule has 0 aliphatic carbocycles. The first-order valence-corrected chi connectivity index (χ1v) is 9.05. The van der Waals surface area contributed by atoms with Crippen LogP contribution in [-0.4, -0.2) is 35.4 Å². The molecule has 2 N–H and O–H groups in total. The molecule has 0 radical (unpaired) electrons. The van der Waals surface area contributed by atoms with Crippen LogP contribution < -0.4 is 15.4 Å². The van der Waals surface area contributed by atoms with E-state index in [0.717, 1.165) is 30.9 Å². The van der Waals surface area contributed by atoms with E-state index in [0.29, 0.717) is 18.1 Å². The molecule has 8 heteroatoms. The van der Waals surface area contributed by atoms with Crippen LogP contribution in [-0.2, 0) is 13.1 Å². The van der Waals surface area contributed by atoms with Crippen LogP contribution in [0.4, 0.5) is 8.78 Å². The molecule has 1 aromatic heterocycles. The number of alkyl halides is 2. The zero-order valence-corrected chi connectivity index (χ0v) is 16.0. The Hall–Kier alpha value is -2.64. The summed E-state index contributed by atoms with van der Waals surface area (Å²) in [5.74, 6) is 0.786. The second-order valence-corrected chi connectivity index (χ2v) is 6.11. The molecule has 6 nitrogen and oxygen atoms in total. The maximum atomic E-state index is 12.5. The summed E-state index contributed by atoms with van der Waals surface area (Å²) in [6.45, 7) is 5.63. The van der Waals surface area contributed by atoms with Gasteiger partial charge >= 0.3 is 6.61 Å². The summed E-state index contributed by atoms with van der Waals surface area (Å²) < 4.78 is 31.5. The van der Waals surface area contributed by atoms with Crippen LogP contribution in [0.5, 0.6) is 5.75 Å². The fraction of sp³-hybridized carbons (Fsp3) is 0.474. The Morgan fingerprint density at radius 1 is 1.26 bits per heavy atom. The Labute approximate surface area is 158 Å². The number of para-hydroxylation sites is 1. The SMILES string of the molecule is CCNC(=NCc1ccccc1OC(F)F)NCCCn1nc(C)cc1C. The number of benzene rings is 1. The number of aromatic nitrogens is 2. The van der Waals surface area contributed by atoms with Gasteiger partial charge < -0.3 is 15.4 Å². The molecule has 0 saturated carbocycles. The standard InChI is InChI=1S/C19H27F2N5O/c1-4-22-19(23-10-7-11-26-15(3)12-14(2)25-26)24-13-16-8-5-6-9-17(16)27-18(20)21/h5-6,8-9,12,18H,4,7,10-11,13H2,1-3H3,(H2,22,23,24). The Morgan fingerprint density at radius 2 is 2.04 bits per heavy atom. The monoisotopic (exact) mass is 379 g/mol. The van der Waals surface area contributed by atoms with Gasteiger partial charge in [-0.1, -0.05) is 18.2 Å². The van der Waals surface area contributed by atoms with Crippen LogP contribution in [0.2, 0.25) is 0 Å². The minimum atomic E-state index is -2.85. The number of halogens is 2. The number of hydrogen-bond acceptors (Lipinski definition) is 3. The van der Waals surface area contributed by atoms with Crippen molar-refractivity contribution in [2.45, 2.75) is 46.9 Å². The van der Waals surface area contributed by atoms with E-state index in [1.807, 2.05) is 25.5 Å². The van der Waals surface area contributed by atoms with Gasteiger partial charge in [0.25, 0.3) is 0 Å². The van der Waals surface area contributed by atoms with Crippen molar-refractivity contribution in [1.82, 2.24) is 20.4 Å². The molecule has 2 rings (SSSR count). The molecule has 0 fully saturated rings. The van der Waals surface area contributed by atoms with Crippen molar-refractivity contribution >= 4 is 5.96 Å². The van der Waals surface area contributed by atoms with E-state index in [1.54, 1.807) is 18.2 Å². The van der Waals surface area contributed by atoms with Gasteiger partial charge in [-0.15, -0.1) is 0 Å². The Balaban J connectivity index is 1.89. The largest absolute Gasteiger partial charge is 0.434 e. The summed E-state index contributed by atoms with van der Waals surface area (Å²) in [5.41, 5.74) is 2.77. The molecule has 0 aliphatic rings. The second kappa shape index (κ2) is 10.5. The third-order valence-corrected chi connectivity index (χ3v) is 3.88. The summed E-state index contributed by atoms with van der Waals surface area (Å²) in [6.07, 6.45) is 0.886. The molecule has 27 heavy (non-hydrogen) atoms. The van der Waals surface area contributed by atoms with Gasteiger partial charge in [0.05, 0.1) is 12.2 Å². The number of guanidine groups is 1.